The quantitative estimate of drug-likeness (QED) is 0.308. The molecule has 0 unspecified atom stereocenters. The minimum absolute atomic E-state index is 0.741. The van der Waals surface area contributed by atoms with Crippen molar-refractivity contribution >= 4 is 5.71 Å². The maximum Gasteiger partial charge on any atom is 0.114 e. The lowest BCUT2D eigenvalue weighted by Crippen LogP contribution is -1.81. The van der Waals surface area contributed by atoms with Gasteiger partial charge < -0.3 is 4.84 Å². The second-order valence-corrected chi connectivity index (χ2v) is 1.21. The maximum atomic E-state index is 4.47. The van der Waals surface area contributed by atoms with E-state index in [2.05, 4.69) is 23.2 Å². The fourth-order valence-electron chi connectivity index (χ4n) is 0.158. The zero-order valence-electron chi connectivity index (χ0n) is 4.92. The van der Waals surface area contributed by atoms with Gasteiger partial charge in [0.25, 0.3) is 0 Å². The molecule has 0 atom stereocenters. The smallest absolute Gasteiger partial charge is 0.114 e. The van der Waals surface area contributed by atoms with Crippen LogP contribution in [0.3, 0.4) is 0 Å². The molecule has 0 aromatic heterocycles. The number of oxime groups is 1. The summed E-state index contributed by atoms with van der Waals surface area (Å²) in [5.74, 6) is 0. The number of hydrogen-bond donors (Lipinski definition) is 0. The molecule has 0 fully saturated rings. The summed E-state index contributed by atoms with van der Waals surface area (Å²) in [6.07, 6.45) is 2.86. The molecule has 0 radical (unpaired) electrons. The molecule has 0 heterocycles. The largest absolute Gasteiger partial charge is 0.365 e. The Hall–Kier alpha value is -1.05. The van der Waals surface area contributed by atoms with Crippen LogP contribution in [0, 0.1) is 0 Å². The Labute approximate surface area is 49.1 Å². The molecular formula is C6H9NO. The lowest BCUT2D eigenvalue weighted by molar-refractivity contribution is 0.270. The minimum atomic E-state index is 0.741. The van der Waals surface area contributed by atoms with Crippen molar-refractivity contribution in [2.45, 2.75) is 6.92 Å². The molecule has 0 amide bonds. The van der Waals surface area contributed by atoms with Crippen molar-refractivity contribution in [1.82, 2.24) is 0 Å². The van der Waals surface area contributed by atoms with Crippen LogP contribution < -0.4 is 0 Å². The molecular weight excluding hydrogens is 102 g/mol. The van der Waals surface area contributed by atoms with E-state index < -0.39 is 0 Å². The Balaban J connectivity index is 3.56. The van der Waals surface area contributed by atoms with Crippen LogP contribution in [-0.4, -0.2) is 5.71 Å². The van der Waals surface area contributed by atoms with Crippen LogP contribution >= 0.6 is 0 Å². The van der Waals surface area contributed by atoms with E-state index in [0.29, 0.717) is 0 Å². The van der Waals surface area contributed by atoms with E-state index in [0.717, 1.165) is 5.71 Å². The first-order valence-electron chi connectivity index (χ1n) is 2.25. The fraction of sp³-hybridized carbons (Fsp3) is 0.167. The predicted octanol–water partition coefficient (Wildman–Crippen LogP) is 1.71. The summed E-state index contributed by atoms with van der Waals surface area (Å²) in [5, 5.41) is 3.54. The molecule has 0 aromatic carbocycles. The molecule has 44 valence electrons. The third-order valence-electron chi connectivity index (χ3n) is 0.567. The number of rotatable bonds is 3. The fourth-order valence-corrected chi connectivity index (χ4v) is 0.158. The molecule has 0 saturated carbocycles. The average Bonchev–Trinajstić information content (AvgIpc) is 1.83. The molecule has 2 heteroatoms. The van der Waals surface area contributed by atoms with E-state index in [1.54, 1.807) is 13.0 Å². The first kappa shape index (κ1) is 6.95. The van der Waals surface area contributed by atoms with Gasteiger partial charge in [-0.3, -0.25) is 0 Å². The van der Waals surface area contributed by atoms with Crippen LogP contribution in [0.15, 0.2) is 30.7 Å². The number of allylic oxidation sites excluding steroid dienone is 1. The predicted molar refractivity (Wildman–Crippen MR) is 34.6 cm³/mol. The van der Waals surface area contributed by atoms with Gasteiger partial charge in [-0.05, 0) is 13.0 Å². The monoisotopic (exact) mass is 111 g/mol. The van der Waals surface area contributed by atoms with Gasteiger partial charge in [-0.15, -0.1) is 0 Å². The van der Waals surface area contributed by atoms with Crippen LogP contribution in [0.25, 0.3) is 0 Å². The third-order valence-corrected chi connectivity index (χ3v) is 0.567. The number of hydrogen-bond acceptors (Lipinski definition) is 2. The summed E-state index contributed by atoms with van der Waals surface area (Å²) in [7, 11) is 0. The SMILES string of the molecule is C=CO/N=C(/C)C=C. The summed E-state index contributed by atoms with van der Waals surface area (Å²) >= 11 is 0. The zero-order valence-corrected chi connectivity index (χ0v) is 4.92. The molecule has 0 aliphatic heterocycles. The van der Waals surface area contributed by atoms with Crippen molar-refractivity contribution in [1.29, 1.82) is 0 Å². The highest BCUT2D eigenvalue weighted by molar-refractivity contribution is 5.91. The van der Waals surface area contributed by atoms with Crippen LogP contribution in [0.2, 0.25) is 0 Å². The third kappa shape index (κ3) is 3.15. The first-order valence-corrected chi connectivity index (χ1v) is 2.25. The Bertz CT molecular complexity index is 116. The highest BCUT2D eigenvalue weighted by Crippen LogP contribution is 1.79. The normalized spacial score (nSPS) is 10.4. The van der Waals surface area contributed by atoms with Gasteiger partial charge in [0.15, 0.2) is 0 Å². The maximum absolute atomic E-state index is 4.47. The summed E-state index contributed by atoms with van der Waals surface area (Å²) in [6, 6.07) is 0. The van der Waals surface area contributed by atoms with Crippen LogP contribution in [0.4, 0.5) is 0 Å². The highest BCUT2D eigenvalue weighted by atomic mass is 16.6. The molecule has 0 rings (SSSR count). The topological polar surface area (TPSA) is 21.6 Å². The van der Waals surface area contributed by atoms with Gasteiger partial charge >= 0.3 is 0 Å². The lowest BCUT2D eigenvalue weighted by atomic mass is 10.4. The van der Waals surface area contributed by atoms with Gasteiger partial charge in [-0.1, -0.05) is 18.3 Å². The van der Waals surface area contributed by atoms with Crippen molar-refractivity contribution in [3.05, 3.63) is 25.5 Å². The summed E-state index contributed by atoms with van der Waals surface area (Å²) in [4.78, 5) is 4.47. The van der Waals surface area contributed by atoms with E-state index in [-0.39, 0.29) is 0 Å². The van der Waals surface area contributed by atoms with Crippen LogP contribution in [0.1, 0.15) is 6.92 Å². The lowest BCUT2D eigenvalue weighted by Gasteiger charge is -1.86. The Morgan fingerprint density at radius 3 is 2.62 bits per heavy atom. The first-order chi connectivity index (χ1) is 3.81. The van der Waals surface area contributed by atoms with Crippen molar-refractivity contribution in [2.75, 3.05) is 0 Å². The van der Waals surface area contributed by atoms with Gasteiger partial charge in [0.1, 0.15) is 6.26 Å². The Morgan fingerprint density at radius 2 is 2.25 bits per heavy atom. The van der Waals surface area contributed by atoms with E-state index >= 15 is 0 Å². The van der Waals surface area contributed by atoms with E-state index in [4.69, 9.17) is 0 Å². The van der Waals surface area contributed by atoms with Gasteiger partial charge in [-0.25, -0.2) is 0 Å². The molecule has 0 bridgehead atoms. The molecule has 0 spiro atoms. The van der Waals surface area contributed by atoms with Crippen molar-refractivity contribution < 1.29 is 4.84 Å². The van der Waals surface area contributed by atoms with E-state index in [1.807, 2.05) is 0 Å². The minimum Gasteiger partial charge on any atom is -0.365 e. The standard InChI is InChI=1S/C6H9NO/c1-4-6(3)7-8-5-2/h4-5H,1-2H2,3H3/b7-6-. The van der Waals surface area contributed by atoms with Gasteiger partial charge in [-0.2, -0.15) is 0 Å². The van der Waals surface area contributed by atoms with Crippen molar-refractivity contribution in [3.63, 3.8) is 0 Å². The van der Waals surface area contributed by atoms with Gasteiger partial charge in [0, 0.05) is 0 Å². The molecule has 0 N–H and O–H groups in total. The second kappa shape index (κ2) is 4.12. The molecule has 2 nitrogen and oxygen atoms in total. The highest BCUT2D eigenvalue weighted by Gasteiger charge is 1.75. The molecule has 0 aliphatic rings. The van der Waals surface area contributed by atoms with Crippen molar-refractivity contribution in [3.8, 4) is 0 Å². The molecule has 8 heavy (non-hydrogen) atoms. The summed E-state index contributed by atoms with van der Waals surface area (Å²) in [6.45, 7) is 8.56. The van der Waals surface area contributed by atoms with Crippen molar-refractivity contribution in [2.24, 2.45) is 5.16 Å². The van der Waals surface area contributed by atoms with Gasteiger partial charge in [0.2, 0.25) is 0 Å². The second-order valence-electron chi connectivity index (χ2n) is 1.21. The Kier molecular flexibility index (Phi) is 3.58. The molecule has 0 aromatic rings. The Morgan fingerprint density at radius 1 is 1.62 bits per heavy atom. The van der Waals surface area contributed by atoms with E-state index in [9.17, 15) is 0 Å². The average molecular weight is 111 g/mol. The van der Waals surface area contributed by atoms with Crippen LogP contribution in [-0.2, 0) is 4.84 Å². The van der Waals surface area contributed by atoms with Crippen LogP contribution in [0.5, 0.6) is 0 Å². The zero-order chi connectivity index (χ0) is 6.41. The summed E-state index contributed by atoms with van der Waals surface area (Å²) in [5.41, 5.74) is 0.741. The molecule has 0 saturated heterocycles. The summed E-state index contributed by atoms with van der Waals surface area (Å²) < 4.78 is 0. The van der Waals surface area contributed by atoms with Gasteiger partial charge in [0.05, 0.1) is 5.71 Å². The number of nitrogens with zero attached hydrogens (tertiary/aromatic N) is 1. The van der Waals surface area contributed by atoms with E-state index in [1.165, 1.54) is 6.26 Å². The molecule has 0 aliphatic carbocycles.